The first-order valence-electron chi connectivity index (χ1n) is 14.0. The van der Waals surface area contributed by atoms with Crippen molar-refractivity contribution in [3.05, 3.63) is 96.1 Å². The van der Waals surface area contributed by atoms with E-state index in [-0.39, 0.29) is 0 Å². The Hall–Kier alpha value is -3.44. The molecule has 5 N–H and O–H groups in total. The number of hydrogen-bond acceptors (Lipinski definition) is 3. The second-order valence-corrected chi connectivity index (χ2v) is 10.3. The Morgan fingerprint density at radius 3 is 1.58 bits per heavy atom. The van der Waals surface area contributed by atoms with E-state index in [1.54, 1.807) is 0 Å². The molecular formula is C34H40N4. The van der Waals surface area contributed by atoms with Crippen LogP contribution >= 0.6 is 0 Å². The highest BCUT2D eigenvalue weighted by Gasteiger charge is 2.13. The van der Waals surface area contributed by atoms with Gasteiger partial charge >= 0.3 is 0 Å². The fourth-order valence-electron chi connectivity index (χ4n) is 5.53. The van der Waals surface area contributed by atoms with E-state index >= 15 is 0 Å². The summed E-state index contributed by atoms with van der Waals surface area (Å²) in [5, 5.41) is 5.95. The van der Waals surface area contributed by atoms with Crippen LogP contribution in [0.5, 0.6) is 0 Å². The highest BCUT2D eigenvalue weighted by molar-refractivity contribution is 6.10. The van der Waals surface area contributed by atoms with Gasteiger partial charge in [0.15, 0.2) is 0 Å². The van der Waals surface area contributed by atoms with Gasteiger partial charge in [-0.25, -0.2) is 0 Å². The molecule has 0 bridgehead atoms. The van der Waals surface area contributed by atoms with E-state index in [4.69, 9.17) is 11.5 Å². The summed E-state index contributed by atoms with van der Waals surface area (Å²) in [6, 6.07) is 31.7. The number of aryl methyl sites for hydroxylation is 3. The van der Waals surface area contributed by atoms with Crippen molar-refractivity contribution in [2.24, 2.45) is 11.5 Å². The lowest BCUT2D eigenvalue weighted by molar-refractivity contribution is 0.639. The van der Waals surface area contributed by atoms with Gasteiger partial charge in [0, 0.05) is 28.4 Å². The number of rotatable bonds is 12. The Labute approximate surface area is 226 Å². The van der Waals surface area contributed by atoms with Gasteiger partial charge in [-0.2, -0.15) is 0 Å². The Kier molecular flexibility index (Phi) is 8.54. The second-order valence-electron chi connectivity index (χ2n) is 10.3. The standard InChI is InChI=1S/C34H40N4/c1-37-19-6-20-38-33-23-29(27-11-2-7-25(21-27)9-4-17-35)13-15-31(33)32-16-14-30(24-34(32)38)28-12-3-8-26(22-28)10-5-18-36/h2-3,7-8,11-16,21-24,37H,4-6,9-10,17-20,35-36H2,1H3. The van der Waals surface area contributed by atoms with Crippen LogP contribution in [0.15, 0.2) is 84.9 Å². The summed E-state index contributed by atoms with van der Waals surface area (Å²) in [6.07, 6.45) is 5.15. The van der Waals surface area contributed by atoms with Gasteiger partial charge in [0.2, 0.25) is 0 Å². The summed E-state index contributed by atoms with van der Waals surface area (Å²) in [5.74, 6) is 0. The molecule has 0 saturated heterocycles. The maximum absolute atomic E-state index is 5.75. The molecule has 4 aromatic carbocycles. The maximum Gasteiger partial charge on any atom is 0.0497 e. The highest BCUT2D eigenvalue weighted by atomic mass is 15.0. The monoisotopic (exact) mass is 504 g/mol. The van der Waals surface area contributed by atoms with Crippen LogP contribution in [0, 0.1) is 0 Å². The Balaban J connectivity index is 1.59. The molecule has 5 rings (SSSR count). The lowest BCUT2D eigenvalue weighted by atomic mass is 9.98. The van der Waals surface area contributed by atoms with E-state index in [2.05, 4.69) is 94.8 Å². The van der Waals surface area contributed by atoms with Crippen molar-refractivity contribution < 1.29 is 0 Å². The zero-order chi connectivity index (χ0) is 26.3. The molecule has 38 heavy (non-hydrogen) atoms. The Morgan fingerprint density at radius 1 is 0.605 bits per heavy atom. The lowest BCUT2D eigenvalue weighted by Crippen LogP contribution is -2.10. The molecule has 0 fully saturated rings. The number of nitrogens with two attached hydrogens (primary N) is 2. The lowest BCUT2D eigenvalue weighted by Gasteiger charge is -2.11. The molecule has 1 aromatic heterocycles. The van der Waals surface area contributed by atoms with Crippen molar-refractivity contribution in [1.82, 2.24) is 9.88 Å². The summed E-state index contributed by atoms with van der Waals surface area (Å²) in [7, 11) is 2.03. The van der Waals surface area contributed by atoms with E-state index in [0.717, 1.165) is 58.3 Å². The van der Waals surface area contributed by atoms with Crippen molar-refractivity contribution in [2.75, 3.05) is 26.7 Å². The topological polar surface area (TPSA) is 69.0 Å². The molecule has 0 atom stereocenters. The van der Waals surface area contributed by atoms with Crippen molar-refractivity contribution in [2.45, 2.75) is 38.6 Å². The van der Waals surface area contributed by atoms with Gasteiger partial charge < -0.3 is 21.4 Å². The predicted octanol–water partition coefficient (Wildman–Crippen LogP) is 6.52. The minimum absolute atomic E-state index is 0.725. The molecule has 0 aliphatic rings. The van der Waals surface area contributed by atoms with Gasteiger partial charge in [0.25, 0.3) is 0 Å². The zero-order valence-electron chi connectivity index (χ0n) is 22.5. The fourth-order valence-corrected chi connectivity index (χ4v) is 5.53. The van der Waals surface area contributed by atoms with Crippen molar-refractivity contribution in [3.63, 3.8) is 0 Å². The van der Waals surface area contributed by atoms with Gasteiger partial charge in [-0.3, -0.25) is 0 Å². The molecule has 0 amide bonds. The van der Waals surface area contributed by atoms with Crippen molar-refractivity contribution >= 4 is 21.8 Å². The van der Waals surface area contributed by atoms with E-state index < -0.39 is 0 Å². The smallest absolute Gasteiger partial charge is 0.0497 e. The maximum atomic E-state index is 5.75. The van der Waals surface area contributed by atoms with Crippen LogP contribution in [0.2, 0.25) is 0 Å². The van der Waals surface area contributed by atoms with Crippen LogP contribution < -0.4 is 16.8 Å². The summed E-state index contributed by atoms with van der Waals surface area (Å²) >= 11 is 0. The van der Waals surface area contributed by atoms with E-state index in [1.807, 2.05) is 7.05 Å². The number of fused-ring (bicyclic) bond motifs is 3. The van der Waals surface area contributed by atoms with Crippen LogP contribution in [0.4, 0.5) is 0 Å². The first-order chi connectivity index (χ1) is 18.7. The summed E-state index contributed by atoms with van der Waals surface area (Å²) in [4.78, 5) is 0. The zero-order valence-corrected chi connectivity index (χ0v) is 22.5. The summed E-state index contributed by atoms with van der Waals surface area (Å²) in [6.45, 7) is 3.42. The van der Waals surface area contributed by atoms with Crippen LogP contribution in [0.25, 0.3) is 44.1 Å². The molecular weight excluding hydrogens is 464 g/mol. The SMILES string of the molecule is CNCCCn1c2cc(-c3cccc(CCCN)c3)ccc2c2ccc(-c3cccc(CCCN)c3)cc21. The molecule has 0 saturated carbocycles. The molecule has 0 aliphatic heterocycles. The quantitative estimate of drug-likeness (QED) is 0.169. The van der Waals surface area contributed by atoms with Gasteiger partial charge in [0.1, 0.15) is 0 Å². The number of nitrogens with one attached hydrogen (secondary N) is 1. The van der Waals surface area contributed by atoms with E-state index in [0.29, 0.717) is 0 Å². The number of aromatic nitrogens is 1. The number of hydrogen-bond donors (Lipinski definition) is 3. The molecule has 1 heterocycles. The van der Waals surface area contributed by atoms with Crippen molar-refractivity contribution in [1.29, 1.82) is 0 Å². The van der Waals surface area contributed by atoms with Crippen molar-refractivity contribution in [3.8, 4) is 22.3 Å². The van der Waals surface area contributed by atoms with Crippen LogP contribution in [0.3, 0.4) is 0 Å². The average molecular weight is 505 g/mol. The molecule has 4 nitrogen and oxygen atoms in total. The Bertz CT molecular complexity index is 1410. The molecule has 5 aromatic rings. The fraction of sp³-hybridized carbons (Fsp3) is 0.294. The first-order valence-corrected chi connectivity index (χ1v) is 14.0. The van der Waals surface area contributed by atoms with Gasteiger partial charge in [0.05, 0.1) is 0 Å². The van der Waals surface area contributed by atoms with Crippen LogP contribution in [-0.2, 0) is 19.4 Å². The van der Waals surface area contributed by atoms with Crippen LogP contribution in [0.1, 0.15) is 30.4 Å². The summed E-state index contributed by atoms with van der Waals surface area (Å²) < 4.78 is 2.52. The predicted molar refractivity (Wildman–Crippen MR) is 164 cm³/mol. The third-order valence-corrected chi connectivity index (χ3v) is 7.54. The van der Waals surface area contributed by atoms with Gasteiger partial charge in [-0.15, -0.1) is 0 Å². The molecule has 0 spiro atoms. The number of benzene rings is 4. The van der Waals surface area contributed by atoms with Gasteiger partial charge in [-0.1, -0.05) is 72.8 Å². The normalized spacial score (nSPS) is 11.6. The average Bonchev–Trinajstić information content (AvgIpc) is 3.27. The largest absolute Gasteiger partial charge is 0.340 e. The molecule has 4 heteroatoms. The third-order valence-electron chi connectivity index (χ3n) is 7.54. The minimum atomic E-state index is 0.725. The Morgan fingerprint density at radius 2 is 1.11 bits per heavy atom. The summed E-state index contributed by atoms with van der Waals surface area (Å²) in [5.41, 5.74) is 21.9. The van der Waals surface area contributed by atoms with E-state index in [9.17, 15) is 0 Å². The number of nitrogens with zero attached hydrogens (tertiary/aromatic N) is 1. The van der Waals surface area contributed by atoms with Crippen LogP contribution in [-0.4, -0.2) is 31.2 Å². The second kappa shape index (κ2) is 12.4. The molecule has 0 unspecified atom stereocenters. The molecule has 196 valence electrons. The third kappa shape index (κ3) is 5.68. The minimum Gasteiger partial charge on any atom is -0.340 e. The molecule has 0 radical (unpaired) electrons. The first kappa shape index (κ1) is 26.2. The van der Waals surface area contributed by atoms with E-state index in [1.165, 1.54) is 55.2 Å². The van der Waals surface area contributed by atoms with Gasteiger partial charge in [-0.05, 0) is 104 Å². The molecule has 0 aliphatic carbocycles. The highest BCUT2D eigenvalue weighted by Crippen LogP contribution is 2.35.